The Kier molecular flexibility index (Phi) is 5.47. The number of amides is 1. The molecule has 7 heteroatoms. The highest BCUT2D eigenvalue weighted by atomic mass is 35.5. The smallest absolute Gasteiger partial charge is 0.250 e. The van der Waals surface area contributed by atoms with Gasteiger partial charge in [-0.05, 0) is 42.2 Å². The zero-order valence-corrected chi connectivity index (χ0v) is 17.8. The first-order chi connectivity index (χ1) is 15.2. The molecule has 1 amide bonds. The first-order valence-electron chi connectivity index (χ1n) is 10.7. The number of benzene rings is 2. The van der Waals surface area contributed by atoms with Crippen LogP contribution in [0.15, 0.2) is 60.7 Å². The summed E-state index contributed by atoms with van der Waals surface area (Å²) in [6.45, 7) is 0. The quantitative estimate of drug-likeness (QED) is 0.569. The fourth-order valence-corrected chi connectivity index (χ4v) is 4.43. The van der Waals surface area contributed by atoms with E-state index in [0.29, 0.717) is 16.9 Å². The number of allylic oxidation sites excluding steroid dienone is 1. The van der Waals surface area contributed by atoms with Crippen LogP contribution in [0.25, 0.3) is 5.70 Å². The fourth-order valence-electron chi connectivity index (χ4n) is 4.31. The molecule has 3 aromatic rings. The minimum atomic E-state index is -0.143. The summed E-state index contributed by atoms with van der Waals surface area (Å²) < 4.78 is 1.82. The normalized spacial score (nSPS) is 18.6. The molecule has 2 aromatic carbocycles. The van der Waals surface area contributed by atoms with Gasteiger partial charge in [0.25, 0.3) is 5.95 Å². The molecule has 5 rings (SSSR count). The minimum Gasteiger partial charge on any atom is -0.324 e. The van der Waals surface area contributed by atoms with E-state index in [2.05, 4.69) is 38.9 Å². The summed E-state index contributed by atoms with van der Waals surface area (Å²) in [6, 6.07) is 17.7. The zero-order valence-electron chi connectivity index (χ0n) is 17.1. The van der Waals surface area contributed by atoms with Crippen LogP contribution in [0.2, 0.25) is 5.02 Å². The Morgan fingerprint density at radius 3 is 2.52 bits per heavy atom. The number of aromatic nitrogens is 3. The highest BCUT2D eigenvalue weighted by Crippen LogP contribution is 2.33. The first-order valence-corrected chi connectivity index (χ1v) is 11.1. The van der Waals surface area contributed by atoms with E-state index in [1.165, 1.54) is 6.42 Å². The Hall–Kier alpha value is -3.12. The lowest BCUT2D eigenvalue weighted by atomic mass is 9.89. The van der Waals surface area contributed by atoms with Crippen LogP contribution >= 0.6 is 11.6 Å². The molecule has 0 spiro atoms. The molecule has 2 N–H and O–H groups in total. The molecule has 1 aromatic heterocycles. The van der Waals surface area contributed by atoms with Crippen LogP contribution in [0.4, 0.5) is 11.9 Å². The van der Waals surface area contributed by atoms with Crippen molar-refractivity contribution in [2.24, 2.45) is 5.92 Å². The van der Waals surface area contributed by atoms with Gasteiger partial charge < -0.3 is 5.32 Å². The van der Waals surface area contributed by atoms with Gasteiger partial charge in [-0.3, -0.25) is 10.1 Å². The number of carbonyl (C=O) groups is 1. The molecule has 0 saturated heterocycles. The van der Waals surface area contributed by atoms with Crippen molar-refractivity contribution in [3.05, 3.63) is 76.8 Å². The molecular formula is C24H24ClN5O. The van der Waals surface area contributed by atoms with Gasteiger partial charge in [0, 0.05) is 16.6 Å². The van der Waals surface area contributed by atoms with Gasteiger partial charge in [0.05, 0.1) is 0 Å². The third kappa shape index (κ3) is 4.21. The monoisotopic (exact) mass is 433 g/mol. The lowest BCUT2D eigenvalue weighted by molar-refractivity contribution is -0.120. The molecule has 0 bridgehead atoms. The third-order valence-electron chi connectivity index (χ3n) is 5.97. The van der Waals surface area contributed by atoms with Gasteiger partial charge in [-0.15, -0.1) is 5.10 Å². The maximum Gasteiger partial charge on any atom is 0.250 e. The van der Waals surface area contributed by atoms with Crippen molar-refractivity contribution in [1.29, 1.82) is 0 Å². The van der Waals surface area contributed by atoms with Crippen molar-refractivity contribution < 1.29 is 4.79 Å². The number of rotatable bonds is 4. The molecule has 1 atom stereocenters. The predicted molar refractivity (Wildman–Crippen MR) is 123 cm³/mol. The Morgan fingerprint density at radius 2 is 1.77 bits per heavy atom. The molecule has 1 saturated carbocycles. The van der Waals surface area contributed by atoms with Crippen molar-refractivity contribution in [3.63, 3.8) is 0 Å². The zero-order chi connectivity index (χ0) is 21.2. The number of hydrogen-bond donors (Lipinski definition) is 2. The lowest BCUT2D eigenvalue weighted by Crippen LogP contribution is -2.25. The van der Waals surface area contributed by atoms with Crippen LogP contribution in [0, 0.1) is 5.92 Å². The van der Waals surface area contributed by atoms with Gasteiger partial charge >= 0.3 is 0 Å². The average Bonchev–Trinajstić information content (AvgIpc) is 3.22. The fraction of sp³-hybridized carbons (Fsp3) is 0.292. The van der Waals surface area contributed by atoms with Crippen LogP contribution in [-0.4, -0.2) is 20.7 Å². The Balaban J connectivity index is 1.46. The summed E-state index contributed by atoms with van der Waals surface area (Å²) in [7, 11) is 0. The molecule has 1 aliphatic heterocycles. The van der Waals surface area contributed by atoms with Gasteiger partial charge in [0.2, 0.25) is 11.9 Å². The predicted octanol–water partition coefficient (Wildman–Crippen LogP) is 5.51. The molecule has 2 aliphatic rings. The number of carbonyl (C=O) groups excluding carboxylic acids is 1. The number of nitrogens with one attached hydrogen (secondary N) is 2. The number of anilines is 2. The Morgan fingerprint density at radius 1 is 1.03 bits per heavy atom. The van der Waals surface area contributed by atoms with E-state index in [-0.39, 0.29) is 17.9 Å². The van der Waals surface area contributed by atoms with Crippen molar-refractivity contribution in [1.82, 2.24) is 14.8 Å². The molecule has 0 unspecified atom stereocenters. The first kappa shape index (κ1) is 19.8. The summed E-state index contributed by atoms with van der Waals surface area (Å²) >= 11 is 6.07. The molecule has 0 radical (unpaired) electrons. The van der Waals surface area contributed by atoms with Gasteiger partial charge in [0.15, 0.2) is 0 Å². The topological polar surface area (TPSA) is 71.8 Å². The summed E-state index contributed by atoms with van der Waals surface area (Å²) in [6.07, 6.45) is 7.42. The Labute approximate surface area is 186 Å². The molecule has 158 valence electrons. The van der Waals surface area contributed by atoms with E-state index in [4.69, 9.17) is 11.6 Å². The number of halogens is 1. The van der Waals surface area contributed by atoms with E-state index < -0.39 is 0 Å². The summed E-state index contributed by atoms with van der Waals surface area (Å²) in [4.78, 5) is 17.3. The van der Waals surface area contributed by atoms with Crippen molar-refractivity contribution in [2.75, 3.05) is 10.6 Å². The summed E-state index contributed by atoms with van der Waals surface area (Å²) in [5.41, 5.74) is 3.02. The van der Waals surface area contributed by atoms with Gasteiger partial charge in [-0.1, -0.05) is 73.3 Å². The van der Waals surface area contributed by atoms with Crippen molar-refractivity contribution >= 4 is 35.1 Å². The van der Waals surface area contributed by atoms with E-state index >= 15 is 0 Å². The second kappa shape index (κ2) is 8.55. The summed E-state index contributed by atoms with van der Waals surface area (Å²) in [5.74, 6) is 1.00. The molecule has 31 heavy (non-hydrogen) atoms. The van der Waals surface area contributed by atoms with Gasteiger partial charge in [0.1, 0.15) is 6.04 Å². The maximum atomic E-state index is 12.7. The number of fused-ring (bicyclic) bond motifs is 1. The standard InChI is InChI=1S/C24H24ClN5O/c25-19-13-11-16(12-14-19)20-15-21(17-7-3-1-4-8-17)30-24(26-20)28-23(29-30)27-22(31)18-9-5-2-6-10-18/h1,3-4,7-8,11-15,18,21H,2,5-6,9-10H2,(H2,26,27,28,29,31)/t21-/m1/s1. The number of hydrogen-bond acceptors (Lipinski definition) is 4. The largest absolute Gasteiger partial charge is 0.324 e. The van der Waals surface area contributed by atoms with Crippen LogP contribution in [-0.2, 0) is 4.79 Å². The minimum absolute atomic E-state index is 0.0183. The van der Waals surface area contributed by atoms with E-state index in [1.807, 2.05) is 47.1 Å². The van der Waals surface area contributed by atoms with Gasteiger partial charge in [-0.25, -0.2) is 4.68 Å². The van der Waals surface area contributed by atoms with Crippen LogP contribution < -0.4 is 10.6 Å². The lowest BCUT2D eigenvalue weighted by Gasteiger charge is -2.24. The highest BCUT2D eigenvalue weighted by molar-refractivity contribution is 6.30. The third-order valence-corrected chi connectivity index (χ3v) is 6.23. The number of nitrogens with zero attached hydrogens (tertiary/aromatic N) is 3. The average molecular weight is 434 g/mol. The van der Waals surface area contributed by atoms with Crippen LogP contribution in [0.3, 0.4) is 0 Å². The molecule has 1 aliphatic carbocycles. The van der Waals surface area contributed by atoms with Gasteiger partial charge in [-0.2, -0.15) is 4.98 Å². The second-order valence-electron chi connectivity index (χ2n) is 8.10. The van der Waals surface area contributed by atoms with E-state index in [1.54, 1.807) is 0 Å². The van der Waals surface area contributed by atoms with Crippen LogP contribution in [0.5, 0.6) is 0 Å². The molecule has 2 heterocycles. The van der Waals surface area contributed by atoms with E-state index in [9.17, 15) is 4.79 Å². The molecular weight excluding hydrogens is 410 g/mol. The highest BCUT2D eigenvalue weighted by Gasteiger charge is 2.27. The Bertz CT molecular complexity index is 1100. The second-order valence-corrected chi connectivity index (χ2v) is 8.53. The maximum absolute atomic E-state index is 12.7. The van der Waals surface area contributed by atoms with Crippen LogP contribution in [0.1, 0.15) is 49.3 Å². The molecule has 6 nitrogen and oxygen atoms in total. The van der Waals surface area contributed by atoms with Crippen molar-refractivity contribution in [3.8, 4) is 0 Å². The van der Waals surface area contributed by atoms with Crippen molar-refractivity contribution in [2.45, 2.75) is 38.1 Å². The SMILES string of the molecule is O=C(Nc1nc2n(n1)[C@@H](c1ccccc1)C=C(c1ccc(Cl)cc1)N2)C1CCCCC1. The molecule has 1 fully saturated rings. The van der Waals surface area contributed by atoms with E-state index in [0.717, 1.165) is 42.5 Å². The summed E-state index contributed by atoms with van der Waals surface area (Å²) in [5, 5.41) is 11.6.